The van der Waals surface area contributed by atoms with Gasteiger partial charge in [0.2, 0.25) is 0 Å². The SMILES string of the molecule is CCCC1(C(=O)O)CCCN(Cc2ccnn2C)C1. The first-order valence-corrected chi connectivity index (χ1v) is 7.00. The predicted molar refractivity (Wildman–Crippen MR) is 72.7 cm³/mol. The fraction of sp³-hybridized carbons (Fsp3) is 0.714. The van der Waals surface area contributed by atoms with Crippen LogP contribution in [0.3, 0.4) is 0 Å². The van der Waals surface area contributed by atoms with E-state index < -0.39 is 11.4 Å². The van der Waals surface area contributed by atoms with Crippen molar-refractivity contribution in [3.8, 4) is 0 Å². The summed E-state index contributed by atoms with van der Waals surface area (Å²) in [7, 11) is 1.93. The molecular weight excluding hydrogens is 242 g/mol. The van der Waals surface area contributed by atoms with Crippen LogP contribution in [0.1, 0.15) is 38.3 Å². The first kappa shape index (κ1) is 14.1. The van der Waals surface area contributed by atoms with Crippen LogP contribution in [0.15, 0.2) is 12.3 Å². The first-order chi connectivity index (χ1) is 9.07. The van der Waals surface area contributed by atoms with E-state index in [2.05, 4.69) is 16.9 Å². The van der Waals surface area contributed by atoms with Gasteiger partial charge >= 0.3 is 5.97 Å². The van der Waals surface area contributed by atoms with E-state index >= 15 is 0 Å². The maximum absolute atomic E-state index is 11.6. The molecule has 1 atom stereocenters. The molecule has 0 aliphatic carbocycles. The van der Waals surface area contributed by atoms with Crippen LogP contribution in [0.25, 0.3) is 0 Å². The molecule has 0 bridgehead atoms. The van der Waals surface area contributed by atoms with E-state index in [1.807, 2.05) is 17.8 Å². The Morgan fingerprint density at radius 2 is 2.37 bits per heavy atom. The number of nitrogens with zero attached hydrogens (tertiary/aromatic N) is 3. The van der Waals surface area contributed by atoms with Crippen LogP contribution in [0.4, 0.5) is 0 Å². The van der Waals surface area contributed by atoms with Gasteiger partial charge in [-0.3, -0.25) is 14.4 Å². The molecule has 5 heteroatoms. The highest BCUT2D eigenvalue weighted by molar-refractivity contribution is 5.75. The number of carboxylic acids is 1. The lowest BCUT2D eigenvalue weighted by atomic mass is 9.76. The molecule has 1 aliphatic heterocycles. The number of carbonyl (C=O) groups is 1. The van der Waals surface area contributed by atoms with Gasteiger partial charge in [0.05, 0.1) is 11.1 Å². The molecule has 0 radical (unpaired) electrons. The Morgan fingerprint density at radius 1 is 1.58 bits per heavy atom. The van der Waals surface area contributed by atoms with Crippen molar-refractivity contribution >= 4 is 5.97 Å². The maximum Gasteiger partial charge on any atom is 0.310 e. The lowest BCUT2D eigenvalue weighted by Gasteiger charge is -2.39. The molecule has 19 heavy (non-hydrogen) atoms. The van der Waals surface area contributed by atoms with Gasteiger partial charge in [-0.05, 0) is 31.9 Å². The number of likely N-dealkylation sites (tertiary alicyclic amines) is 1. The average Bonchev–Trinajstić information content (AvgIpc) is 2.76. The quantitative estimate of drug-likeness (QED) is 0.883. The second kappa shape index (κ2) is 5.74. The van der Waals surface area contributed by atoms with Crippen LogP contribution in [-0.2, 0) is 18.4 Å². The molecule has 2 rings (SSSR count). The number of carboxylic acid groups (broad SMARTS) is 1. The molecule has 1 saturated heterocycles. The molecule has 0 aromatic carbocycles. The smallest absolute Gasteiger partial charge is 0.310 e. The Bertz CT molecular complexity index is 440. The number of hydrogen-bond donors (Lipinski definition) is 1. The average molecular weight is 265 g/mol. The summed E-state index contributed by atoms with van der Waals surface area (Å²) in [6.45, 7) is 4.48. The summed E-state index contributed by atoms with van der Waals surface area (Å²) in [6, 6.07) is 2.00. The highest BCUT2D eigenvalue weighted by atomic mass is 16.4. The molecule has 106 valence electrons. The van der Waals surface area contributed by atoms with Crippen molar-refractivity contribution in [1.82, 2.24) is 14.7 Å². The van der Waals surface area contributed by atoms with E-state index in [-0.39, 0.29) is 0 Å². The van der Waals surface area contributed by atoms with Crippen molar-refractivity contribution in [3.63, 3.8) is 0 Å². The third kappa shape index (κ3) is 2.97. The molecule has 2 heterocycles. The number of aromatic nitrogens is 2. The van der Waals surface area contributed by atoms with Gasteiger partial charge in [0.1, 0.15) is 0 Å². The molecule has 0 spiro atoms. The first-order valence-electron chi connectivity index (χ1n) is 7.00. The van der Waals surface area contributed by atoms with Crippen molar-refractivity contribution in [2.75, 3.05) is 13.1 Å². The second-order valence-electron chi connectivity index (χ2n) is 5.60. The monoisotopic (exact) mass is 265 g/mol. The second-order valence-corrected chi connectivity index (χ2v) is 5.60. The summed E-state index contributed by atoms with van der Waals surface area (Å²) in [5.41, 5.74) is 0.587. The number of hydrogen-bond acceptors (Lipinski definition) is 3. The van der Waals surface area contributed by atoms with Gasteiger partial charge in [0, 0.05) is 26.3 Å². The lowest BCUT2D eigenvalue weighted by molar-refractivity contribution is -0.153. The van der Waals surface area contributed by atoms with E-state index in [0.717, 1.165) is 44.5 Å². The summed E-state index contributed by atoms with van der Waals surface area (Å²) in [5.74, 6) is -0.635. The van der Waals surface area contributed by atoms with Gasteiger partial charge in [-0.25, -0.2) is 0 Å². The Hall–Kier alpha value is -1.36. The highest BCUT2D eigenvalue weighted by Gasteiger charge is 2.41. The fourth-order valence-corrected chi connectivity index (χ4v) is 3.11. The van der Waals surface area contributed by atoms with Crippen LogP contribution < -0.4 is 0 Å². The number of aryl methyl sites for hydroxylation is 1. The standard InChI is InChI=1S/C14H23N3O2/c1-3-6-14(13(18)19)7-4-9-17(11-14)10-12-5-8-15-16(12)2/h5,8H,3-4,6-7,9-11H2,1-2H3,(H,18,19). The molecule has 0 amide bonds. The lowest BCUT2D eigenvalue weighted by Crippen LogP contribution is -2.47. The summed E-state index contributed by atoms with van der Waals surface area (Å²) >= 11 is 0. The van der Waals surface area contributed by atoms with Gasteiger partial charge in [-0.1, -0.05) is 13.3 Å². The molecule has 1 aromatic heterocycles. The van der Waals surface area contributed by atoms with Crippen LogP contribution in [0.5, 0.6) is 0 Å². The van der Waals surface area contributed by atoms with E-state index in [4.69, 9.17) is 0 Å². The summed E-state index contributed by atoms with van der Waals surface area (Å²) in [4.78, 5) is 13.9. The number of piperidine rings is 1. The van der Waals surface area contributed by atoms with Crippen LogP contribution >= 0.6 is 0 Å². The van der Waals surface area contributed by atoms with Crippen molar-refractivity contribution in [3.05, 3.63) is 18.0 Å². The normalized spacial score (nSPS) is 24.5. The van der Waals surface area contributed by atoms with Gasteiger partial charge in [0.15, 0.2) is 0 Å². The third-order valence-electron chi connectivity index (χ3n) is 4.15. The molecule has 1 aliphatic rings. The van der Waals surface area contributed by atoms with Gasteiger partial charge < -0.3 is 5.11 Å². The summed E-state index contributed by atoms with van der Waals surface area (Å²) in [5, 5.41) is 13.7. The Morgan fingerprint density at radius 3 is 2.95 bits per heavy atom. The van der Waals surface area contributed by atoms with E-state index in [1.54, 1.807) is 6.20 Å². The largest absolute Gasteiger partial charge is 0.481 e. The fourth-order valence-electron chi connectivity index (χ4n) is 3.11. The predicted octanol–water partition coefficient (Wildman–Crippen LogP) is 1.89. The minimum Gasteiger partial charge on any atom is -0.481 e. The molecule has 1 aromatic rings. The molecule has 1 unspecified atom stereocenters. The van der Waals surface area contributed by atoms with Crippen molar-refractivity contribution in [2.24, 2.45) is 12.5 Å². The summed E-state index contributed by atoms with van der Waals surface area (Å²) < 4.78 is 1.86. The summed E-state index contributed by atoms with van der Waals surface area (Å²) in [6.07, 6.45) is 5.24. The van der Waals surface area contributed by atoms with E-state index in [1.165, 1.54) is 0 Å². The molecule has 0 saturated carbocycles. The van der Waals surface area contributed by atoms with Gasteiger partial charge in [-0.15, -0.1) is 0 Å². The highest BCUT2D eigenvalue weighted by Crippen LogP contribution is 2.35. The zero-order valence-electron chi connectivity index (χ0n) is 11.8. The topological polar surface area (TPSA) is 58.4 Å². The van der Waals surface area contributed by atoms with Crippen LogP contribution in [-0.4, -0.2) is 38.8 Å². The number of rotatable bonds is 5. The maximum atomic E-state index is 11.6. The Balaban J connectivity index is 2.07. The minimum atomic E-state index is -0.635. The molecule has 1 fully saturated rings. The van der Waals surface area contributed by atoms with Crippen molar-refractivity contribution in [1.29, 1.82) is 0 Å². The Labute approximate surface area is 114 Å². The van der Waals surface area contributed by atoms with Crippen LogP contribution in [0, 0.1) is 5.41 Å². The molecular formula is C14H23N3O2. The van der Waals surface area contributed by atoms with Crippen LogP contribution in [0.2, 0.25) is 0 Å². The zero-order valence-corrected chi connectivity index (χ0v) is 11.8. The van der Waals surface area contributed by atoms with Crippen molar-refractivity contribution in [2.45, 2.75) is 39.2 Å². The minimum absolute atomic E-state index is 0.550. The van der Waals surface area contributed by atoms with E-state index in [9.17, 15) is 9.90 Å². The van der Waals surface area contributed by atoms with Crippen molar-refractivity contribution < 1.29 is 9.90 Å². The third-order valence-corrected chi connectivity index (χ3v) is 4.15. The van der Waals surface area contributed by atoms with E-state index in [0.29, 0.717) is 6.54 Å². The Kier molecular flexibility index (Phi) is 4.24. The molecule has 5 nitrogen and oxygen atoms in total. The number of aliphatic carboxylic acids is 1. The molecule has 1 N–H and O–H groups in total. The zero-order chi connectivity index (χ0) is 13.9. The van der Waals surface area contributed by atoms with Gasteiger partial charge in [0.25, 0.3) is 0 Å². The van der Waals surface area contributed by atoms with Gasteiger partial charge in [-0.2, -0.15) is 5.10 Å².